The molecule has 8 heteroatoms. The molecule has 1 aliphatic heterocycles. The van der Waals surface area contributed by atoms with Gasteiger partial charge >= 0.3 is 0 Å². The summed E-state index contributed by atoms with van der Waals surface area (Å²) in [5, 5.41) is 0. The van der Waals surface area contributed by atoms with Gasteiger partial charge in [0, 0.05) is 12.6 Å². The van der Waals surface area contributed by atoms with Gasteiger partial charge in [0.05, 0.1) is 17.7 Å². The minimum absolute atomic E-state index is 0.0138. The molecule has 0 N–H and O–H groups in total. The monoisotopic (exact) mass is 353 g/mol. The van der Waals surface area contributed by atoms with E-state index in [1.807, 2.05) is 0 Å². The molecule has 24 heavy (non-hydrogen) atoms. The summed E-state index contributed by atoms with van der Waals surface area (Å²) in [4.78, 5) is -0.152. The van der Waals surface area contributed by atoms with E-state index < -0.39 is 15.8 Å². The molecular formula is C16H16FNO5S. The molecule has 1 aliphatic rings. The molecule has 2 aromatic rings. The molecule has 0 saturated carbocycles. The number of benzene rings is 2. The first-order valence-corrected chi connectivity index (χ1v) is 8.67. The number of anilines is 1. The van der Waals surface area contributed by atoms with Crippen molar-refractivity contribution in [2.24, 2.45) is 0 Å². The van der Waals surface area contributed by atoms with Crippen LogP contribution in [-0.4, -0.2) is 28.9 Å². The molecule has 0 unspecified atom stereocenters. The summed E-state index contributed by atoms with van der Waals surface area (Å²) in [5.74, 6) is 0.283. The molecule has 128 valence electrons. The number of rotatable bonds is 5. The highest BCUT2D eigenvalue weighted by atomic mass is 32.2. The second-order valence-electron chi connectivity index (χ2n) is 5.00. The minimum Gasteiger partial charge on any atom is -0.494 e. The molecule has 2 aromatic carbocycles. The number of methoxy groups -OCH3 is 1. The zero-order valence-electron chi connectivity index (χ0n) is 13.2. The van der Waals surface area contributed by atoms with Crippen LogP contribution in [0.1, 0.15) is 6.92 Å². The Balaban J connectivity index is 2.01. The molecule has 0 aromatic heterocycles. The molecular weight excluding hydrogens is 337 g/mol. The van der Waals surface area contributed by atoms with E-state index in [2.05, 4.69) is 0 Å². The number of fused-ring (bicyclic) bond motifs is 1. The third-order valence-electron chi connectivity index (χ3n) is 3.64. The third-order valence-corrected chi connectivity index (χ3v) is 5.54. The average molecular weight is 353 g/mol. The van der Waals surface area contributed by atoms with E-state index in [0.717, 1.165) is 6.07 Å². The molecule has 0 fully saturated rings. The maximum Gasteiger partial charge on any atom is 0.264 e. The number of ether oxygens (including phenoxy) is 3. The highest BCUT2D eigenvalue weighted by molar-refractivity contribution is 7.92. The van der Waals surface area contributed by atoms with Gasteiger partial charge in [-0.2, -0.15) is 0 Å². The third kappa shape index (κ3) is 2.73. The molecule has 0 bridgehead atoms. The Kier molecular flexibility index (Phi) is 4.23. The van der Waals surface area contributed by atoms with E-state index in [4.69, 9.17) is 14.2 Å². The van der Waals surface area contributed by atoms with Crippen LogP contribution >= 0.6 is 0 Å². The van der Waals surface area contributed by atoms with Crippen molar-refractivity contribution in [3.8, 4) is 17.2 Å². The van der Waals surface area contributed by atoms with Crippen LogP contribution in [-0.2, 0) is 10.0 Å². The summed E-state index contributed by atoms with van der Waals surface area (Å²) < 4.78 is 56.1. The van der Waals surface area contributed by atoms with E-state index in [0.29, 0.717) is 17.2 Å². The number of halogens is 1. The lowest BCUT2D eigenvalue weighted by Crippen LogP contribution is -2.30. The Hall–Kier alpha value is -2.48. The fourth-order valence-corrected chi connectivity index (χ4v) is 3.94. The van der Waals surface area contributed by atoms with Gasteiger partial charge in [-0.15, -0.1) is 0 Å². The van der Waals surface area contributed by atoms with Crippen molar-refractivity contribution in [3.05, 3.63) is 42.2 Å². The first-order chi connectivity index (χ1) is 11.5. The normalized spacial score (nSPS) is 13.0. The topological polar surface area (TPSA) is 65.1 Å². The maximum absolute atomic E-state index is 13.9. The summed E-state index contributed by atoms with van der Waals surface area (Å²) in [6.07, 6.45) is 0. The Labute approximate surface area is 139 Å². The first kappa shape index (κ1) is 16.4. The van der Waals surface area contributed by atoms with Crippen LogP contribution in [0.3, 0.4) is 0 Å². The first-order valence-electron chi connectivity index (χ1n) is 7.23. The van der Waals surface area contributed by atoms with Gasteiger partial charge in [0.2, 0.25) is 6.79 Å². The second kappa shape index (κ2) is 6.20. The average Bonchev–Trinajstić information content (AvgIpc) is 3.03. The van der Waals surface area contributed by atoms with Crippen molar-refractivity contribution >= 4 is 15.7 Å². The minimum atomic E-state index is -3.93. The highest BCUT2D eigenvalue weighted by Gasteiger charge is 2.26. The quantitative estimate of drug-likeness (QED) is 0.827. The van der Waals surface area contributed by atoms with Gasteiger partial charge in [-0.05, 0) is 37.3 Å². The van der Waals surface area contributed by atoms with Crippen LogP contribution in [0.15, 0.2) is 41.3 Å². The van der Waals surface area contributed by atoms with Crippen molar-refractivity contribution < 1.29 is 27.0 Å². The van der Waals surface area contributed by atoms with Gasteiger partial charge in [-0.3, -0.25) is 4.31 Å². The number of nitrogens with zero attached hydrogens (tertiary/aromatic N) is 1. The van der Waals surface area contributed by atoms with Crippen LogP contribution in [0.4, 0.5) is 10.1 Å². The second-order valence-corrected chi connectivity index (χ2v) is 6.87. The smallest absolute Gasteiger partial charge is 0.264 e. The van der Waals surface area contributed by atoms with Gasteiger partial charge in [0.25, 0.3) is 10.0 Å². The SMILES string of the molecule is CCN(c1ccc2c(c1)OCO2)S(=O)(=O)c1ccc(OC)c(F)c1. The van der Waals surface area contributed by atoms with E-state index in [-0.39, 0.29) is 24.0 Å². The molecule has 1 heterocycles. The number of hydrogen-bond acceptors (Lipinski definition) is 5. The summed E-state index contributed by atoms with van der Waals surface area (Å²) in [6.45, 7) is 1.97. The zero-order valence-corrected chi connectivity index (χ0v) is 14.0. The highest BCUT2D eigenvalue weighted by Crippen LogP contribution is 2.37. The van der Waals surface area contributed by atoms with Crippen molar-refractivity contribution in [1.29, 1.82) is 0 Å². The van der Waals surface area contributed by atoms with Crippen LogP contribution in [0.2, 0.25) is 0 Å². The Morgan fingerprint density at radius 3 is 2.58 bits per heavy atom. The lowest BCUT2D eigenvalue weighted by molar-refractivity contribution is 0.174. The molecule has 0 spiro atoms. The molecule has 0 radical (unpaired) electrons. The predicted molar refractivity (Wildman–Crippen MR) is 85.7 cm³/mol. The fourth-order valence-electron chi connectivity index (χ4n) is 2.47. The van der Waals surface area contributed by atoms with Crippen molar-refractivity contribution in [2.75, 3.05) is 24.8 Å². The lowest BCUT2D eigenvalue weighted by atomic mass is 10.3. The summed E-state index contributed by atoms with van der Waals surface area (Å²) >= 11 is 0. The summed E-state index contributed by atoms with van der Waals surface area (Å²) in [7, 11) is -2.61. The van der Waals surface area contributed by atoms with Crippen LogP contribution in [0, 0.1) is 5.82 Å². The van der Waals surface area contributed by atoms with Gasteiger partial charge < -0.3 is 14.2 Å². The standard InChI is InChI=1S/C16H16FNO5S/c1-3-18(11-4-6-15-16(8-11)23-10-22-15)24(19,20)12-5-7-14(21-2)13(17)9-12/h4-9H,3,10H2,1-2H3. The molecule has 0 amide bonds. The fraction of sp³-hybridized carbons (Fsp3) is 0.250. The zero-order chi connectivity index (χ0) is 17.3. The molecule has 0 saturated heterocycles. The van der Waals surface area contributed by atoms with Crippen molar-refractivity contribution in [2.45, 2.75) is 11.8 Å². The van der Waals surface area contributed by atoms with Gasteiger partial charge in [0.15, 0.2) is 23.1 Å². The van der Waals surface area contributed by atoms with E-state index >= 15 is 0 Å². The number of hydrogen-bond donors (Lipinski definition) is 0. The summed E-state index contributed by atoms with van der Waals surface area (Å²) in [5.41, 5.74) is 0.415. The van der Waals surface area contributed by atoms with Gasteiger partial charge in [-0.25, -0.2) is 12.8 Å². The van der Waals surface area contributed by atoms with Crippen molar-refractivity contribution in [1.82, 2.24) is 0 Å². The Morgan fingerprint density at radius 2 is 1.92 bits per heavy atom. The molecule has 3 rings (SSSR count). The van der Waals surface area contributed by atoms with E-state index in [9.17, 15) is 12.8 Å². The Morgan fingerprint density at radius 1 is 1.17 bits per heavy atom. The van der Waals surface area contributed by atoms with E-state index in [1.54, 1.807) is 25.1 Å². The van der Waals surface area contributed by atoms with Gasteiger partial charge in [0.1, 0.15) is 0 Å². The van der Waals surface area contributed by atoms with Crippen molar-refractivity contribution in [3.63, 3.8) is 0 Å². The van der Waals surface area contributed by atoms with Crippen LogP contribution in [0.5, 0.6) is 17.2 Å². The Bertz CT molecular complexity index is 869. The molecule has 0 atom stereocenters. The number of sulfonamides is 1. The van der Waals surface area contributed by atoms with Crippen LogP contribution in [0.25, 0.3) is 0 Å². The molecule has 0 aliphatic carbocycles. The van der Waals surface area contributed by atoms with E-state index in [1.165, 1.54) is 23.5 Å². The maximum atomic E-state index is 13.9. The largest absolute Gasteiger partial charge is 0.494 e. The van der Waals surface area contributed by atoms with Gasteiger partial charge in [-0.1, -0.05) is 0 Å². The summed E-state index contributed by atoms with van der Waals surface area (Å²) in [6, 6.07) is 8.40. The lowest BCUT2D eigenvalue weighted by Gasteiger charge is -2.23. The predicted octanol–water partition coefficient (Wildman–Crippen LogP) is 2.78. The molecule has 6 nitrogen and oxygen atoms in total. The van der Waals surface area contributed by atoms with Crippen LogP contribution < -0.4 is 18.5 Å².